The molecular weight excluding hydrogens is 296 g/mol. The molecule has 0 fully saturated rings. The summed E-state index contributed by atoms with van der Waals surface area (Å²) >= 11 is 7.03. The largest absolute Gasteiger partial charge is 0.477 e. The molecule has 0 amide bonds. The average Bonchev–Trinajstić information content (AvgIpc) is 3.04. The van der Waals surface area contributed by atoms with E-state index < -0.39 is 0 Å². The van der Waals surface area contributed by atoms with E-state index in [0.717, 1.165) is 10.4 Å². The molecule has 21 heavy (non-hydrogen) atoms. The van der Waals surface area contributed by atoms with Crippen molar-refractivity contribution in [1.29, 1.82) is 0 Å². The van der Waals surface area contributed by atoms with Gasteiger partial charge < -0.3 is 4.74 Å². The molecule has 0 saturated carbocycles. The Kier molecular flexibility index (Phi) is 4.43. The Hall–Kier alpha value is -1.97. The average molecular weight is 310 g/mol. The van der Waals surface area contributed by atoms with E-state index in [-0.39, 0.29) is 0 Å². The molecule has 1 heterocycles. The van der Waals surface area contributed by atoms with Crippen LogP contribution in [0, 0.1) is 0 Å². The van der Waals surface area contributed by atoms with Crippen molar-refractivity contribution in [3.63, 3.8) is 0 Å². The van der Waals surface area contributed by atoms with Crippen molar-refractivity contribution >= 4 is 28.6 Å². The highest BCUT2D eigenvalue weighted by atomic mass is 32.1. The summed E-state index contributed by atoms with van der Waals surface area (Å²) in [6, 6.07) is 24.5. The highest BCUT2D eigenvalue weighted by Gasteiger charge is 2.08. The summed E-state index contributed by atoms with van der Waals surface area (Å²) in [7, 11) is 0. The number of hydrogen-bond acceptors (Lipinski definition) is 3. The van der Waals surface area contributed by atoms with Gasteiger partial charge in [-0.15, -0.1) is 11.3 Å². The van der Waals surface area contributed by atoms with Crippen molar-refractivity contribution in [2.45, 2.75) is 6.61 Å². The highest BCUT2D eigenvalue weighted by Crippen LogP contribution is 2.28. The molecule has 0 aliphatic rings. The van der Waals surface area contributed by atoms with Gasteiger partial charge >= 0.3 is 0 Å². The van der Waals surface area contributed by atoms with Crippen molar-refractivity contribution in [3.8, 4) is 10.4 Å². The number of thiophene rings is 1. The summed E-state index contributed by atoms with van der Waals surface area (Å²) in [6.07, 6.45) is 0. The van der Waals surface area contributed by atoms with Crippen LogP contribution in [0.5, 0.6) is 0 Å². The third kappa shape index (κ3) is 3.57. The predicted molar refractivity (Wildman–Crippen MR) is 92.7 cm³/mol. The minimum absolute atomic E-state index is 0.512. The van der Waals surface area contributed by atoms with Crippen LogP contribution in [0.15, 0.2) is 72.8 Å². The first-order chi connectivity index (χ1) is 10.3. The molecule has 2 aromatic carbocycles. The maximum atomic E-state index is 5.71. The number of benzene rings is 2. The second-order valence-corrected chi connectivity index (χ2v) is 6.05. The molecule has 0 atom stereocenters. The molecule has 1 nitrogen and oxygen atoms in total. The molecular formula is C18H14OS2. The third-order valence-corrected chi connectivity index (χ3v) is 4.68. The first-order valence-electron chi connectivity index (χ1n) is 6.69. The monoisotopic (exact) mass is 310 g/mol. The van der Waals surface area contributed by atoms with E-state index in [9.17, 15) is 0 Å². The van der Waals surface area contributed by atoms with Crippen molar-refractivity contribution in [1.82, 2.24) is 0 Å². The van der Waals surface area contributed by atoms with Gasteiger partial charge in [0.2, 0.25) is 5.05 Å². The Labute approximate surface area is 133 Å². The van der Waals surface area contributed by atoms with Gasteiger partial charge in [-0.3, -0.25) is 0 Å². The van der Waals surface area contributed by atoms with Crippen LogP contribution in [0.25, 0.3) is 10.4 Å². The summed E-state index contributed by atoms with van der Waals surface area (Å²) < 4.78 is 5.71. The van der Waals surface area contributed by atoms with E-state index in [1.165, 1.54) is 10.4 Å². The number of rotatable bonds is 4. The standard InChI is InChI=1S/C18H14OS2/c20-18(19-13-14-7-3-1-4-8-14)17-12-11-16(21-17)15-9-5-2-6-10-15/h1-12H,13H2. The minimum atomic E-state index is 0.512. The normalized spacial score (nSPS) is 10.3. The molecule has 3 heteroatoms. The smallest absolute Gasteiger partial charge is 0.201 e. The lowest BCUT2D eigenvalue weighted by molar-refractivity contribution is 0.303. The number of thiocarbonyl (C=S) groups is 1. The van der Waals surface area contributed by atoms with Crippen LogP contribution >= 0.6 is 23.6 Å². The van der Waals surface area contributed by atoms with E-state index >= 15 is 0 Å². The molecule has 0 unspecified atom stereocenters. The van der Waals surface area contributed by atoms with Gasteiger partial charge in [-0.1, -0.05) is 60.7 Å². The summed E-state index contributed by atoms with van der Waals surface area (Å²) in [5.41, 5.74) is 2.33. The fourth-order valence-electron chi connectivity index (χ4n) is 2.00. The van der Waals surface area contributed by atoms with E-state index in [4.69, 9.17) is 17.0 Å². The predicted octanol–water partition coefficient (Wildman–Crippen LogP) is 5.31. The third-order valence-electron chi connectivity index (χ3n) is 3.08. The Morgan fingerprint density at radius 3 is 2.24 bits per heavy atom. The van der Waals surface area contributed by atoms with Crippen LogP contribution in [-0.4, -0.2) is 5.05 Å². The first-order valence-corrected chi connectivity index (χ1v) is 7.92. The van der Waals surface area contributed by atoms with Crippen LogP contribution in [0.2, 0.25) is 0 Å². The van der Waals surface area contributed by atoms with Crippen LogP contribution in [0.4, 0.5) is 0 Å². The second-order valence-electron chi connectivity index (χ2n) is 4.59. The lowest BCUT2D eigenvalue weighted by Crippen LogP contribution is -2.01. The Morgan fingerprint density at radius 1 is 0.857 bits per heavy atom. The van der Waals surface area contributed by atoms with Crippen molar-refractivity contribution < 1.29 is 4.74 Å². The van der Waals surface area contributed by atoms with Crippen LogP contribution < -0.4 is 0 Å². The van der Waals surface area contributed by atoms with Crippen LogP contribution in [0.1, 0.15) is 10.4 Å². The van der Waals surface area contributed by atoms with E-state index in [1.54, 1.807) is 11.3 Å². The van der Waals surface area contributed by atoms with Gasteiger partial charge in [-0.25, -0.2) is 0 Å². The maximum Gasteiger partial charge on any atom is 0.201 e. The zero-order valence-corrected chi connectivity index (χ0v) is 13.0. The Balaban J connectivity index is 1.67. The first kappa shape index (κ1) is 14.0. The SMILES string of the molecule is S=C(OCc1ccccc1)c1ccc(-c2ccccc2)s1. The molecule has 0 bridgehead atoms. The van der Waals surface area contributed by atoms with E-state index in [1.807, 2.05) is 54.6 Å². The van der Waals surface area contributed by atoms with Gasteiger partial charge in [-0.2, -0.15) is 0 Å². The molecule has 0 aliphatic heterocycles. The summed E-state index contributed by atoms with van der Waals surface area (Å²) in [6.45, 7) is 0.512. The molecule has 3 aromatic rings. The van der Waals surface area contributed by atoms with Crippen molar-refractivity contribution in [2.24, 2.45) is 0 Å². The second kappa shape index (κ2) is 6.66. The minimum Gasteiger partial charge on any atom is -0.477 e. The van der Waals surface area contributed by atoms with Gasteiger partial charge in [0.15, 0.2) is 0 Å². The zero-order chi connectivity index (χ0) is 14.5. The molecule has 0 radical (unpaired) electrons. The number of hydrogen-bond donors (Lipinski definition) is 0. The van der Waals surface area contributed by atoms with Gasteiger partial charge in [0, 0.05) is 4.88 Å². The topological polar surface area (TPSA) is 9.23 Å². The summed E-state index contributed by atoms with van der Waals surface area (Å²) in [5, 5.41) is 0.561. The van der Waals surface area contributed by atoms with Crippen LogP contribution in [-0.2, 0) is 11.3 Å². The van der Waals surface area contributed by atoms with Crippen molar-refractivity contribution in [2.75, 3.05) is 0 Å². The fraction of sp³-hybridized carbons (Fsp3) is 0.0556. The van der Waals surface area contributed by atoms with Gasteiger partial charge in [0.25, 0.3) is 0 Å². The van der Waals surface area contributed by atoms with Gasteiger partial charge in [0.1, 0.15) is 6.61 Å². The van der Waals surface area contributed by atoms with Crippen molar-refractivity contribution in [3.05, 3.63) is 83.2 Å². The molecule has 0 N–H and O–H groups in total. The fourth-order valence-corrected chi connectivity index (χ4v) is 3.16. The summed E-state index contributed by atoms with van der Waals surface area (Å²) in [4.78, 5) is 2.20. The molecule has 0 spiro atoms. The molecule has 0 aliphatic carbocycles. The molecule has 1 aromatic heterocycles. The zero-order valence-electron chi connectivity index (χ0n) is 11.4. The molecule has 3 rings (SSSR count). The maximum absolute atomic E-state index is 5.71. The Bertz CT molecular complexity index is 717. The van der Waals surface area contributed by atoms with Crippen LogP contribution in [0.3, 0.4) is 0 Å². The highest BCUT2D eigenvalue weighted by molar-refractivity contribution is 7.80. The van der Waals surface area contributed by atoms with Gasteiger partial charge in [-0.05, 0) is 35.5 Å². The number of ether oxygens (including phenoxy) is 1. The van der Waals surface area contributed by atoms with E-state index in [2.05, 4.69) is 18.2 Å². The van der Waals surface area contributed by atoms with Gasteiger partial charge in [0.05, 0.1) is 4.88 Å². The lowest BCUT2D eigenvalue weighted by atomic mass is 10.2. The lowest BCUT2D eigenvalue weighted by Gasteiger charge is -2.05. The van der Waals surface area contributed by atoms with E-state index in [0.29, 0.717) is 11.7 Å². The molecule has 0 saturated heterocycles. The summed E-state index contributed by atoms with van der Waals surface area (Å²) in [5.74, 6) is 0. The molecule has 104 valence electrons. The quantitative estimate of drug-likeness (QED) is 0.604. The Morgan fingerprint density at radius 2 is 1.52 bits per heavy atom.